The predicted molar refractivity (Wildman–Crippen MR) is 62.3 cm³/mol. The highest BCUT2D eigenvalue weighted by Gasteiger charge is 2.24. The van der Waals surface area contributed by atoms with Gasteiger partial charge in [0.25, 0.3) is 5.69 Å². The fraction of sp³-hybridized carbons (Fsp3) is 0.222. The molecule has 0 bridgehead atoms. The van der Waals surface area contributed by atoms with Crippen LogP contribution in [0.4, 0.5) is 5.69 Å². The van der Waals surface area contributed by atoms with Crippen molar-refractivity contribution in [1.29, 1.82) is 0 Å². The van der Waals surface area contributed by atoms with E-state index in [0.717, 1.165) is 6.07 Å². The molecule has 0 fully saturated rings. The zero-order valence-corrected chi connectivity index (χ0v) is 9.90. The number of nitro benzene ring substituents is 1. The van der Waals surface area contributed by atoms with Gasteiger partial charge in [-0.05, 0) is 6.07 Å². The smallest absolute Gasteiger partial charge is 0.305 e. The summed E-state index contributed by atoms with van der Waals surface area (Å²) in [7, 11) is 0. The molecule has 8 heteroatoms. The van der Waals surface area contributed by atoms with Crippen LogP contribution in [-0.4, -0.2) is 16.0 Å². The Morgan fingerprint density at radius 3 is 2.59 bits per heavy atom. The number of nitrogens with two attached hydrogens (primary N) is 1. The summed E-state index contributed by atoms with van der Waals surface area (Å²) in [4.78, 5) is 20.5. The van der Waals surface area contributed by atoms with E-state index in [9.17, 15) is 14.9 Å². The monoisotopic (exact) mass is 278 g/mol. The van der Waals surface area contributed by atoms with E-state index in [4.69, 9.17) is 34.0 Å². The normalized spacial score (nSPS) is 12.2. The van der Waals surface area contributed by atoms with Crippen molar-refractivity contribution >= 4 is 34.9 Å². The van der Waals surface area contributed by atoms with Crippen LogP contribution in [0.25, 0.3) is 0 Å². The van der Waals surface area contributed by atoms with Gasteiger partial charge in [-0.1, -0.05) is 23.2 Å². The minimum absolute atomic E-state index is 0.0740. The minimum Gasteiger partial charge on any atom is -0.481 e. The molecule has 1 rings (SSSR count). The van der Waals surface area contributed by atoms with Crippen LogP contribution in [0, 0.1) is 10.1 Å². The largest absolute Gasteiger partial charge is 0.481 e. The molecule has 3 N–H and O–H groups in total. The minimum atomic E-state index is -1.14. The fourth-order valence-electron chi connectivity index (χ4n) is 1.33. The van der Waals surface area contributed by atoms with Crippen LogP contribution in [0.5, 0.6) is 0 Å². The molecule has 0 saturated heterocycles. The number of carboxylic acids is 1. The fourth-order valence-corrected chi connectivity index (χ4v) is 2.05. The molecule has 0 heterocycles. The third kappa shape index (κ3) is 3.06. The zero-order chi connectivity index (χ0) is 13.2. The van der Waals surface area contributed by atoms with Crippen LogP contribution in [0.15, 0.2) is 12.1 Å². The number of carbonyl (C=O) groups is 1. The van der Waals surface area contributed by atoms with Gasteiger partial charge in [-0.3, -0.25) is 14.9 Å². The van der Waals surface area contributed by atoms with E-state index in [1.54, 1.807) is 0 Å². The standard InChI is InChI=1S/C9H8Cl2N2O4/c10-4-1-2-6(13(16)17)9(11)8(4)5(12)3-7(14)15/h1-2,5H,3,12H2,(H,14,15). The zero-order valence-electron chi connectivity index (χ0n) is 8.39. The molecule has 0 aliphatic heterocycles. The van der Waals surface area contributed by atoms with Crippen LogP contribution in [-0.2, 0) is 4.79 Å². The highest BCUT2D eigenvalue weighted by molar-refractivity contribution is 6.37. The first-order valence-electron chi connectivity index (χ1n) is 4.44. The van der Waals surface area contributed by atoms with Gasteiger partial charge in [0.15, 0.2) is 0 Å². The summed E-state index contributed by atoms with van der Waals surface area (Å²) in [5.41, 5.74) is 5.31. The molecule has 0 amide bonds. The van der Waals surface area contributed by atoms with Gasteiger partial charge in [0, 0.05) is 22.7 Å². The van der Waals surface area contributed by atoms with Crippen molar-refractivity contribution in [1.82, 2.24) is 0 Å². The maximum Gasteiger partial charge on any atom is 0.305 e. The highest BCUT2D eigenvalue weighted by Crippen LogP contribution is 2.37. The van der Waals surface area contributed by atoms with Crippen LogP contribution in [0.3, 0.4) is 0 Å². The Bertz CT molecular complexity index is 478. The van der Waals surface area contributed by atoms with E-state index in [0.29, 0.717) is 0 Å². The molecule has 0 spiro atoms. The van der Waals surface area contributed by atoms with Crippen LogP contribution < -0.4 is 5.73 Å². The molecule has 6 nitrogen and oxygen atoms in total. The number of nitrogens with zero attached hydrogens (tertiary/aromatic N) is 1. The number of rotatable bonds is 4. The Kier molecular flexibility index (Phi) is 4.28. The number of halogens is 2. The summed E-state index contributed by atoms with van der Waals surface area (Å²) in [5, 5.41) is 19.1. The van der Waals surface area contributed by atoms with Gasteiger partial charge in [-0.2, -0.15) is 0 Å². The topological polar surface area (TPSA) is 106 Å². The first-order chi connectivity index (χ1) is 7.84. The Morgan fingerprint density at radius 2 is 2.12 bits per heavy atom. The second kappa shape index (κ2) is 5.31. The molecule has 0 aliphatic carbocycles. The summed E-state index contributed by atoms with van der Waals surface area (Å²) in [5.74, 6) is -1.14. The van der Waals surface area contributed by atoms with Gasteiger partial charge in [0.1, 0.15) is 5.02 Å². The molecule has 0 aliphatic rings. The first-order valence-corrected chi connectivity index (χ1v) is 5.19. The maximum atomic E-state index is 10.7. The molecule has 1 aromatic rings. The number of hydrogen-bond donors (Lipinski definition) is 2. The second-order valence-electron chi connectivity index (χ2n) is 3.26. The van der Waals surface area contributed by atoms with Crippen LogP contribution >= 0.6 is 23.2 Å². The summed E-state index contributed by atoms with van der Waals surface area (Å²) in [6.45, 7) is 0. The van der Waals surface area contributed by atoms with Gasteiger partial charge in [-0.15, -0.1) is 0 Å². The Labute approximate surface area is 106 Å². The molecular formula is C9H8Cl2N2O4. The van der Waals surface area contributed by atoms with E-state index in [1.807, 2.05) is 0 Å². The van der Waals surface area contributed by atoms with Crippen molar-refractivity contribution in [3.8, 4) is 0 Å². The summed E-state index contributed by atoms with van der Waals surface area (Å²) in [6.07, 6.45) is -0.416. The molecule has 1 unspecified atom stereocenters. The maximum absolute atomic E-state index is 10.7. The van der Waals surface area contributed by atoms with Crippen molar-refractivity contribution in [2.75, 3.05) is 0 Å². The first kappa shape index (κ1) is 13.7. The van der Waals surface area contributed by atoms with Gasteiger partial charge < -0.3 is 10.8 Å². The Balaban J connectivity index is 3.26. The van der Waals surface area contributed by atoms with Crippen molar-refractivity contribution in [2.24, 2.45) is 5.73 Å². The van der Waals surface area contributed by atoms with Gasteiger partial charge in [0.05, 0.1) is 11.3 Å². The number of hydrogen-bond acceptors (Lipinski definition) is 4. The molecular weight excluding hydrogens is 271 g/mol. The molecule has 1 atom stereocenters. The summed E-state index contributed by atoms with van der Waals surface area (Å²) >= 11 is 11.6. The SMILES string of the molecule is NC(CC(=O)O)c1c(Cl)ccc([N+](=O)[O-])c1Cl. The average molecular weight is 279 g/mol. The lowest BCUT2D eigenvalue weighted by Crippen LogP contribution is -2.16. The van der Waals surface area contributed by atoms with Crippen molar-refractivity contribution < 1.29 is 14.8 Å². The number of nitro groups is 1. The third-order valence-corrected chi connectivity index (χ3v) is 2.80. The summed E-state index contributed by atoms with van der Waals surface area (Å²) < 4.78 is 0. The molecule has 0 saturated carbocycles. The quantitative estimate of drug-likeness (QED) is 0.650. The lowest BCUT2D eigenvalue weighted by molar-refractivity contribution is -0.384. The van der Waals surface area contributed by atoms with E-state index >= 15 is 0 Å². The molecule has 0 radical (unpaired) electrons. The summed E-state index contributed by atoms with van der Waals surface area (Å²) in [6, 6.07) is 1.41. The molecule has 17 heavy (non-hydrogen) atoms. The van der Waals surface area contributed by atoms with E-state index in [-0.39, 0.29) is 21.3 Å². The highest BCUT2D eigenvalue weighted by atomic mass is 35.5. The van der Waals surface area contributed by atoms with Crippen LogP contribution in [0.2, 0.25) is 10.0 Å². The van der Waals surface area contributed by atoms with Crippen LogP contribution in [0.1, 0.15) is 18.0 Å². The van der Waals surface area contributed by atoms with E-state index in [2.05, 4.69) is 0 Å². The second-order valence-corrected chi connectivity index (χ2v) is 4.04. The van der Waals surface area contributed by atoms with E-state index < -0.39 is 23.4 Å². The Morgan fingerprint density at radius 1 is 1.53 bits per heavy atom. The number of aliphatic carboxylic acids is 1. The van der Waals surface area contributed by atoms with Gasteiger partial charge in [0.2, 0.25) is 0 Å². The van der Waals surface area contributed by atoms with Crippen molar-refractivity contribution in [3.05, 3.63) is 37.9 Å². The van der Waals surface area contributed by atoms with E-state index in [1.165, 1.54) is 6.07 Å². The van der Waals surface area contributed by atoms with Gasteiger partial charge in [-0.25, -0.2) is 0 Å². The molecule has 0 aromatic heterocycles. The molecule has 92 valence electrons. The lowest BCUT2D eigenvalue weighted by Gasteiger charge is -2.13. The van der Waals surface area contributed by atoms with Crippen molar-refractivity contribution in [3.63, 3.8) is 0 Å². The predicted octanol–water partition coefficient (Wildman–Crippen LogP) is 2.38. The Hall–Kier alpha value is -1.37. The number of carboxylic acid groups (broad SMARTS) is 1. The molecule has 1 aromatic carbocycles. The van der Waals surface area contributed by atoms with Gasteiger partial charge >= 0.3 is 5.97 Å². The van der Waals surface area contributed by atoms with Crippen molar-refractivity contribution in [2.45, 2.75) is 12.5 Å². The lowest BCUT2D eigenvalue weighted by atomic mass is 10.0. The number of benzene rings is 1. The average Bonchev–Trinajstić information content (AvgIpc) is 2.15. The third-order valence-electron chi connectivity index (χ3n) is 2.07.